The number of nitrogens with zero attached hydrogens (tertiary/aromatic N) is 1. The van der Waals surface area contributed by atoms with Crippen LogP contribution in [0.25, 0.3) is 0 Å². The molecule has 140 valence electrons. The molecular formula is C16H24N2O6S. The smallest absolute Gasteiger partial charge is 0.229 e. The Labute approximate surface area is 148 Å². The molecule has 0 spiro atoms. The van der Waals surface area contributed by atoms with E-state index in [1.54, 1.807) is 6.07 Å². The fraction of sp³-hybridized carbons (Fsp3) is 0.562. The molecule has 1 aromatic rings. The highest BCUT2D eigenvalue weighted by Gasteiger charge is 2.30. The van der Waals surface area contributed by atoms with Crippen molar-refractivity contribution in [3.05, 3.63) is 11.6 Å². The molecule has 1 aliphatic rings. The molecular weight excluding hydrogens is 348 g/mol. The molecule has 0 radical (unpaired) electrons. The third-order valence-corrected chi connectivity index (χ3v) is 4.37. The van der Waals surface area contributed by atoms with E-state index in [4.69, 9.17) is 18.9 Å². The SMILES string of the molecule is COc1cc(C2=N[C@H](C(C)C)CO2)c(NS(C)(=O)=O)c(OC)c1OC. The van der Waals surface area contributed by atoms with Gasteiger partial charge in [-0.3, -0.25) is 4.72 Å². The minimum absolute atomic E-state index is 0.000162. The summed E-state index contributed by atoms with van der Waals surface area (Å²) in [4.78, 5) is 4.56. The van der Waals surface area contributed by atoms with Gasteiger partial charge in [-0.25, -0.2) is 13.4 Å². The highest BCUT2D eigenvalue weighted by atomic mass is 32.2. The van der Waals surface area contributed by atoms with E-state index < -0.39 is 10.0 Å². The van der Waals surface area contributed by atoms with Gasteiger partial charge in [-0.1, -0.05) is 13.8 Å². The lowest BCUT2D eigenvalue weighted by atomic mass is 10.1. The molecule has 0 saturated heterocycles. The van der Waals surface area contributed by atoms with Crippen LogP contribution in [-0.2, 0) is 14.8 Å². The van der Waals surface area contributed by atoms with Crippen LogP contribution in [0, 0.1) is 5.92 Å². The molecule has 0 fully saturated rings. The van der Waals surface area contributed by atoms with Gasteiger partial charge in [0.1, 0.15) is 12.3 Å². The Bertz CT molecular complexity index is 773. The number of anilines is 1. The van der Waals surface area contributed by atoms with Gasteiger partial charge in [0.25, 0.3) is 0 Å². The van der Waals surface area contributed by atoms with Crippen molar-refractivity contribution in [2.45, 2.75) is 19.9 Å². The molecule has 0 saturated carbocycles. The molecule has 1 atom stereocenters. The van der Waals surface area contributed by atoms with E-state index in [-0.39, 0.29) is 23.2 Å². The number of methoxy groups -OCH3 is 3. The molecule has 0 aromatic heterocycles. The van der Waals surface area contributed by atoms with E-state index in [0.29, 0.717) is 29.7 Å². The Morgan fingerprint density at radius 3 is 2.28 bits per heavy atom. The van der Waals surface area contributed by atoms with Gasteiger partial charge >= 0.3 is 0 Å². The van der Waals surface area contributed by atoms with Crippen molar-refractivity contribution < 1.29 is 27.4 Å². The molecule has 0 aliphatic carbocycles. The van der Waals surface area contributed by atoms with E-state index in [0.717, 1.165) is 6.26 Å². The summed E-state index contributed by atoms with van der Waals surface area (Å²) in [5.41, 5.74) is 0.633. The minimum Gasteiger partial charge on any atom is -0.493 e. The van der Waals surface area contributed by atoms with Crippen LogP contribution in [0.15, 0.2) is 11.1 Å². The van der Waals surface area contributed by atoms with Gasteiger partial charge in [-0.05, 0) is 12.0 Å². The third kappa shape index (κ3) is 4.09. The fourth-order valence-electron chi connectivity index (χ4n) is 2.49. The van der Waals surface area contributed by atoms with E-state index in [2.05, 4.69) is 9.71 Å². The van der Waals surface area contributed by atoms with Gasteiger partial charge in [0.2, 0.25) is 21.7 Å². The quantitative estimate of drug-likeness (QED) is 0.785. The number of ether oxygens (including phenoxy) is 4. The molecule has 0 bridgehead atoms. The van der Waals surface area contributed by atoms with Crippen molar-refractivity contribution in [2.75, 3.05) is 38.9 Å². The number of rotatable bonds is 7. The predicted octanol–water partition coefficient (Wildman–Crippen LogP) is 1.89. The summed E-state index contributed by atoms with van der Waals surface area (Å²) in [5, 5.41) is 0. The van der Waals surface area contributed by atoms with Crippen LogP contribution in [-0.4, -0.2) is 54.5 Å². The second-order valence-corrected chi connectivity index (χ2v) is 7.75. The zero-order valence-electron chi connectivity index (χ0n) is 15.2. The van der Waals surface area contributed by atoms with Crippen LogP contribution in [0.4, 0.5) is 5.69 Å². The summed E-state index contributed by atoms with van der Waals surface area (Å²) in [6.45, 7) is 4.53. The molecule has 1 aliphatic heterocycles. The molecule has 8 nitrogen and oxygen atoms in total. The molecule has 1 N–H and O–H groups in total. The molecule has 1 heterocycles. The van der Waals surface area contributed by atoms with Crippen molar-refractivity contribution in [3.63, 3.8) is 0 Å². The molecule has 1 aromatic carbocycles. The van der Waals surface area contributed by atoms with Crippen molar-refractivity contribution in [2.24, 2.45) is 10.9 Å². The first-order valence-electron chi connectivity index (χ1n) is 7.73. The van der Waals surface area contributed by atoms with E-state index in [1.165, 1.54) is 21.3 Å². The monoisotopic (exact) mass is 372 g/mol. The van der Waals surface area contributed by atoms with Crippen molar-refractivity contribution in [3.8, 4) is 17.2 Å². The Balaban J connectivity index is 2.70. The van der Waals surface area contributed by atoms with Gasteiger partial charge in [-0.2, -0.15) is 0 Å². The Morgan fingerprint density at radius 1 is 1.20 bits per heavy atom. The average molecular weight is 372 g/mol. The molecule has 0 unspecified atom stereocenters. The molecule has 2 rings (SSSR count). The van der Waals surface area contributed by atoms with E-state index in [1.807, 2.05) is 13.8 Å². The zero-order valence-corrected chi connectivity index (χ0v) is 16.1. The number of hydrogen-bond donors (Lipinski definition) is 1. The Hall–Kier alpha value is -2.16. The van der Waals surface area contributed by atoms with Gasteiger partial charge in [0, 0.05) is 0 Å². The Kier molecular flexibility index (Phi) is 5.66. The second-order valence-electron chi connectivity index (χ2n) is 6.00. The fourth-order valence-corrected chi connectivity index (χ4v) is 3.06. The van der Waals surface area contributed by atoms with Crippen molar-refractivity contribution >= 4 is 21.6 Å². The van der Waals surface area contributed by atoms with Gasteiger partial charge in [0.05, 0.1) is 39.2 Å². The summed E-state index contributed by atoms with van der Waals surface area (Å²) in [5.74, 6) is 1.49. The first kappa shape index (κ1) is 19.2. The van der Waals surface area contributed by atoms with E-state index in [9.17, 15) is 8.42 Å². The van der Waals surface area contributed by atoms with Gasteiger partial charge in [0.15, 0.2) is 11.5 Å². The average Bonchev–Trinajstić information content (AvgIpc) is 3.02. The Morgan fingerprint density at radius 2 is 1.84 bits per heavy atom. The highest BCUT2D eigenvalue weighted by Crippen LogP contribution is 2.46. The topological polar surface area (TPSA) is 95.5 Å². The summed E-state index contributed by atoms with van der Waals surface area (Å²) in [6, 6.07) is 1.62. The molecule has 25 heavy (non-hydrogen) atoms. The lowest BCUT2D eigenvalue weighted by Crippen LogP contribution is -2.16. The zero-order chi connectivity index (χ0) is 18.8. The van der Waals surface area contributed by atoms with Gasteiger partial charge in [-0.15, -0.1) is 0 Å². The summed E-state index contributed by atoms with van der Waals surface area (Å²) in [7, 11) is 0.778. The van der Waals surface area contributed by atoms with Crippen LogP contribution in [0.2, 0.25) is 0 Å². The first-order valence-corrected chi connectivity index (χ1v) is 9.62. The van der Waals surface area contributed by atoms with Crippen LogP contribution >= 0.6 is 0 Å². The predicted molar refractivity (Wildman–Crippen MR) is 95.7 cm³/mol. The van der Waals surface area contributed by atoms with Crippen LogP contribution < -0.4 is 18.9 Å². The first-order chi connectivity index (χ1) is 11.7. The summed E-state index contributed by atoms with van der Waals surface area (Å²) < 4.78 is 47.9. The summed E-state index contributed by atoms with van der Waals surface area (Å²) in [6.07, 6.45) is 1.06. The standard InChI is InChI=1S/C16H24N2O6S/c1-9(2)11-8-24-16(17-11)10-7-12(21-3)14(22-4)15(23-5)13(10)18-25(6,19)20/h7,9,11,18H,8H2,1-6H3/t11-/m0/s1. The number of benzene rings is 1. The number of sulfonamides is 1. The maximum atomic E-state index is 11.8. The third-order valence-electron chi connectivity index (χ3n) is 3.79. The summed E-state index contributed by atoms with van der Waals surface area (Å²) >= 11 is 0. The van der Waals surface area contributed by atoms with E-state index >= 15 is 0 Å². The maximum Gasteiger partial charge on any atom is 0.229 e. The second kappa shape index (κ2) is 7.38. The lowest BCUT2D eigenvalue weighted by Gasteiger charge is -2.19. The van der Waals surface area contributed by atoms with Crippen LogP contribution in [0.3, 0.4) is 0 Å². The molecule has 0 amide bonds. The lowest BCUT2D eigenvalue weighted by molar-refractivity contribution is 0.291. The largest absolute Gasteiger partial charge is 0.493 e. The maximum absolute atomic E-state index is 11.8. The number of hydrogen-bond acceptors (Lipinski definition) is 7. The highest BCUT2D eigenvalue weighted by molar-refractivity contribution is 7.92. The normalized spacial score (nSPS) is 17.1. The number of aliphatic imine (C=N–C) groups is 1. The van der Waals surface area contributed by atoms with Crippen molar-refractivity contribution in [1.29, 1.82) is 0 Å². The minimum atomic E-state index is -3.57. The van der Waals surface area contributed by atoms with Crippen LogP contribution in [0.5, 0.6) is 17.2 Å². The van der Waals surface area contributed by atoms with Crippen LogP contribution in [0.1, 0.15) is 19.4 Å². The van der Waals surface area contributed by atoms with Gasteiger partial charge < -0.3 is 18.9 Å². The van der Waals surface area contributed by atoms with Crippen molar-refractivity contribution in [1.82, 2.24) is 0 Å². The molecule has 9 heteroatoms. The number of nitrogens with one attached hydrogen (secondary N) is 1.